The third kappa shape index (κ3) is 4.67. The molecule has 2 aromatic rings. The van der Waals surface area contributed by atoms with Gasteiger partial charge in [0.15, 0.2) is 17.3 Å². The lowest BCUT2D eigenvalue weighted by molar-refractivity contribution is -0.384. The summed E-state index contributed by atoms with van der Waals surface area (Å²) in [5.41, 5.74) is 1.07. The van der Waals surface area contributed by atoms with E-state index < -0.39 is 4.92 Å². The molecule has 0 saturated carbocycles. The average Bonchev–Trinajstić information content (AvgIpc) is 2.61. The molecule has 0 aliphatic rings. The molecule has 0 radical (unpaired) electrons. The summed E-state index contributed by atoms with van der Waals surface area (Å²) in [7, 11) is 1.54. The third-order valence-electron chi connectivity index (χ3n) is 3.33. The highest BCUT2D eigenvalue weighted by Gasteiger charge is 2.11. The number of ketones is 1. The number of ether oxygens (including phenoxy) is 2. The van der Waals surface area contributed by atoms with Gasteiger partial charge in [-0.2, -0.15) is 0 Å². The first kappa shape index (κ1) is 18.7. The molecule has 0 aliphatic heterocycles. The van der Waals surface area contributed by atoms with Crippen LogP contribution >= 0.6 is 15.9 Å². The number of non-ortho nitro benzene ring substituents is 1. The van der Waals surface area contributed by atoms with Gasteiger partial charge >= 0.3 is 0 Å². The van der Waals surface area contributed by atoms with E-state index in [1.165, 1.54) is 30.3 Å². The highest BCUT2D eigenvalue weighted by Crippen LogP contribution is 2.37. The van der Waals surface area contributed by atoms with Gasteiger partial charge in [-0.25, -0.2) is 0 Å². The molecule has 0 saturated heterocycles. The molecule has 0 amide bonds. The van der Waals surface area contributed by atoms with Gasteiger partial charge in [-0.05, 0) is 58.8 Å². The van der Waals surface area contributed by atoms with Crippen LogP contribution in [0.4, 0.5) is 5.69 Å². The molecule has 0 aromatic heterocycles. The Bertz CT molecular complexity index is 815. The van der Waals surface area contributed by atoms with Crippen molar-refractivity contribution in [2.24, 2.45) is 0 Å². The van der Waals surface area contributed by atoms with Crippen molar-refractivity contribution >= 4 is 33.5 Å². The second kappa shape index (κ2) is 8.43. The monoisotopic (exact) mass is 405 g/mol. The Balaban J connectivity index is 2.21. The van der Waals surface area contributed by atoms with E-state index in [1.54, 1.807) is 19.3 Å². The van der Waals surface area contributed by atoms with Crippen molar-refractivity contribution in [1.82, 2.24) is 0 Å². The molecule has 0 aliphatic carbocycles. The van der Waals surface area contributed by atoms with Crippen LogP contribution in [0.2, 0.25) is 0 Å². The van der Waals surface area contributed by atoms with Gasteiger partial charge in [0.2, 0.25) is 0 Å². The molecule has 130 valence electrons. The second-order valence-electron chi connectivity index (χ2n) is 4.97. The van der Waals surface area contributed by atoms with Crippen LogP contribution in [0.25, 0.3) is 6.08 Å². The third-order valence-corrected chi connectivity index (χ3v) is 3.92. The zero-order chi connectivity index (χ0) is 18.4. The van der Waals surface area contributed by atoms with Crippen molar-refractivity contribution in [1.29, 1.82) is 0 Å². The Morgan fingerprint density at radius 2 is 1.96 bits per heavy atom. The van der Waals surface area contributed by atoms with Crippen LogP contribution in [0, 0.1) is 10.1 Å². The van der Waals surface area contributed by atoms with Crippen LogP contribution in [-0.4, -0.2) is 24.4 Å². The number of carbonyl (C=O) groups excluding carboxylic acids is 1. The number of allylic oxidation sites excluding steroid dienone is 1. The lowest BCUT2D eigenvalue weighted by Gasteiger charge is -2.12. The summed E-state index contributed by atoms with van der Waals surface area (Å²) >= 11 is 3.43. The van der Waals surface area contributed by atoms with Gasteiger partial charge in [0.25, 0.3) is 5.69 Å². The summed E-state index contributed by atoms with van der Waals surface area (Å²) < 4.78 is 11.5. The van der Waals surface area contributed by atoms with Crippen LogP contribution in [0.15, 0.2) is 46.9 Å². The van der Waals surface area contributed by atoms with E-state index in [0.29, 0.717) is 23.7 Å². The standard InChI is InChI=1S/C18H16BrNO5/c1-3-25-18-15(19)10-12(11-17(18)24-2)4-9-16(21)13-5-7-14(8-6-13)20(22)23/h4-11H,3H2,1-2H3/b9-4+. The molecule has 0 unspecified atom stereocenters. The Morgan fingerprint density at radius 1 is 1.28 bits per heavy atom. The van der Waals surface area contributed by atoms with Gasteiger partial charge in [0.05, 0.1) is 23.1 Å². The zero-order valence-corrected chi connectivity index (χ0v) is 15.3. The van der Waals surface area contributed by atoms with Gasteiger partial charge < -0.3 is 9.47 Å². The number of benzene rings is 2. The normalized spacial score (nSPS) is 10.7. The SMILES string of the molecule is CCOc1c(Br)cc(/C=C/C(=O)c2ccc([N+](=O)[O-])cc2)cc1OC. The maximum absolute atomic E-state index is 12.2. The summed E-state index contributed by atoms with van der Waals surface area (Å²) in [6.07, 6.45) is 3.05. The van der Waals surface area contributed by atoms with Crippen LogP contribution < -0.4 is 9.47 Å². The molecule has 0 atom stereocenters. The molecule has 2 aromatic carbocycles. The van der Waals surface area contributed by atoms with Crippen molar-refractivity contribution < 1.29 is 19.2 Å². The lowest BCUT2D eigenvalue weighted by atomic mass is 10.1. The van der Waals surface area contributed by atoms with Gasteiger partial charge in [-0.1, -0.05) is 6.08 Å². The number of nitro groups is 1. The van der Waals surface area contributed by atoms with Crippen molar-refractivity contribution in [2.75, 3.05) is 13.7 Å². The number of halogens is 1. The van der Waals surface area contributed by atoms with Crippen molar-refractivity contribution in [3.63, 3.8) is 0 Å². The topological polar surface area (TPSA) is 78.7 Å². The van der Waals surface area contributed by atoms with Crippen molar-refractivity contribution in [3.05, 3.63) is 68.2 Å². The molecule has 7 heteroatoms. The number of nitro benzene ring substituents is 1. The highest BCUT2D eigenvalue weighted by molar-refractivity contribution is 9.10. The van der Waals surface area contributed by atoms with E-state index in [9.17, 15) is 14.9 Å². The van der Waals surface area contributed by atoms with Crippen molar-refractivity contribution in [2.45, 2.75) is 6.92 Å². The largest absolute Gasteiger partial charge is 0.493 e. The molecule has 0 heterocycles. The summed E-state index contributed by atoms with van der Waals surface area (Å²) in [6.45, 7) is 2.38. The van der Waals surface area contributed by atoms with E-state index in [4.69, 9.17) is 9.47 Å². The molecule has 0 N–H and O–H groups in total. The van der Waals surface area contributed by atoms with E-state index in [2.05, 4.69) is 15.9 Å². The molecule has 0 fully saturated rings. The second-order valence-corrected chi connectivity index (χ2v) is 5.82. The van der Waals surface area contributed by atoms with E-state index in [1.807, 2.05) is 13.0 Å². The first-order valence-corrected chi connectivity index (χ1v) is 8.22. The zero-order valence-electron chi connectivity index (χ0n) is 13.7. The number of hydrogen-bond acceptors (Lipinski definition) is 5. The van der Waals surface area contributed by atoms with Crippen molar-refractivity contribution in [3.8, 4) is 11.5 Å². The number of nitrogens with zero attached hydrogens (tertiary/aromatic N) is 1. The highest BCUT2D eigenvalue weighted by atomic mass is 79.9. The summed E-state index contributed by atoms with van der Waals surface area (Å²) in [5, 5.41) is 10.6. The molecule has 2 rings (SSSR count). The van der Waals surface area contributed by atoms with Gasteiger partial charge in [0.1, 0.15) is 0 Å². The van der Waals surface area contributed by atoms with E-state index in [-0.39, 0.29) is 11.5 Å². The number of methoxy groups -OCH3 is 1. The van der Waals surface area contributed by atoms with Crippen LogP contribution in [-0.2, 0) is 0 Å². The smallest absolute Gasteiger partial charge is 0.269 e. The molecule has 0 spiro atoms. The average molecular weight is 406 g/mol. The first-order valence-electron chi connectivity index (χ1n) is 7.43. The van der Waals surface area contributed by atoms with Crippen LogP contribution in [0.1, 0.15) is 22.8 Å². The number of hydrogen-bond donors (Lipinski definition) is 0. The minimum absolute atomic E-state index is 0.0549. The van der Waals surface area contributed by atoms with Crippen LogP contribution in [0.3, 0.4) is 0 Å². The first-order chi connectivity index (χ1) is 12.0. The summed E-state index contributed by atoms with van der Waals surface area (Å²) in [4.78, 5) is 22.3. The van der Waals surface area contributed by atoms with E-state index >= 15 is 0 Å². The summed E-state index contributed by atoms with van der Waals surface area (Å²) in [6, 6.07) is 9.04. The maximum Gasteiger partial charge on any atom is 0.269 e. The fourth-order valence-corrected chi connectivity index (χ4v) is 2.71. The fraction of sp³-hybridized carbons (Fsp3) is 0.167. The Morgan fingerprint density at radius 3 is 2.52 bits per heavy atom. The van der Waals surface area contributed by atoms with Crippen LogP contribution in [0.5, 0.6) is 11.5 Å². The Hall–Kier alpha value is -2.67. The molecule has 6 nitrogen and oxygen atoms in total. The number of carbonyl (C=O) groups is 1. The minimum Gasteiger partial charge on any atom is -0.493 e. The predicted molar refractivity (Wildman–Crippen MR) is 98.3 cm³/mol. The Labute approximate surface area is 153 Å². The maximum atomic E-state index is 12.2. The van der Waals surface area contributed by atoms with Gasteiger partial charge in [-0.3, -0.25) is 14.9 Å². The Kier molecular flexibility index (Phi) is 6.30. The quantitative estimate of drug-likeness (QED) is 0.289. The molecular formula is C18H16BrNO5. The molecular weight excluding hydrogens is 390 g/mol. The predicted octanol–water partition coefficient (Wildman–Crippen LogP) is 4.66. The van der Waals surface area contributed by atoms with Gasteiger partial charge in [0, 0.05) is 17.7 Å². The molecule has 25 heavy (non-hydrogen) atoms. The fourth-order valence-electron chi connectivity index (χ4n) is 2.14. The number of rotatable bonds is 7. The van der Waals surface area contributed by atoms with E-state index in [0.717, 1.165) is 10.0 Å². The lowest BCUT2D eigenvalue weighted by Crippen LogP contribution is -1.97. The summed E-state index contributed by atoms with van der Waals surface area (Å²) in [5.74, 6) is 0.904. The van der Waals surface area contributed by atoms with Gasteiger partial charge in [-0.15, -0.1) is 0 Å². The molecule has 0 bridgehead atoms. The minimum atomic E-state index is -0.506.